The Balaban J connectivity index is 2.65. The van der Waals surface area contributed by atoms with Crippen molar-refractivity contribution in [1.82, 2.24) is 5.32 Å². The summed E-state index contributed by atoms with van der Waals surface area (Å²) in [5.74, 6) is 0. The van der Waals surface area contributed by atoms with Gasteiger partial charge in [0.15, 0.2) is 9.76 Å². The van der Waals surface area contributed by atoms with Crippen LogP contribution in [0.25, 0.3) is 0 Å². The average Bonchev–Trinajstić information content (AvgIpc) is 1.97. The SMILES string of the molecule is CCNCCC[SiH2]OCC. The molecular formula is C7H19NOSi. The maximum absolute atomic E-state index is 5.32. The van der Waals surface area contributed by atoms with E-state index in [1.807, 2.05) is 0 Å². The number of nitrogens with one attached hydrogen (secondary N) is 1. The van der Waals surface area contributed by atoms with Crippen molar-refractivity contribution in [3.63, 3.8) is 0 Å². The van der Waals surface area contributed by atoms with Gasteiger partial charge in [-0.2, -0.15) is 0 Å². The van der Waals surface area contributed by atoms with Crippen molar-refractivity contribution in [2.24, 2.45) is 0 Å². The van der Waals surface area contributed by atoms with Gasteiger partial charge in [0.05, 0.1) is 0 Å². The zero-order valence-electron chi connectivity index (χ0n) is 7.15. The minimum atomic E-state index is -0.157. The Morgan fingerprint density at radius 3 is 2.80 bits per heavy atom. The van der Waals surface area contributed by atoms with Crippen molar-refractivity contribution >= 4 is 9.76 Å². The minimum absolute atomic E-state index is 0.157. The number of hydrogen-bond acceptors (Lipinski definition) is 2. The summed E-state index contributed by atoms with van der Waals surface area (Å²) in [6, 6.07) is 1.32. The maximum Gasteiger partial charge on any atom is 0.161 e. The van der Waals surface area contributed by atoms with Crippen molar-refractivity contribution < 1.29 is 4.43 Å². The van der Waals surface area contributed by atoms with Gasteiger partial charge in [0.25, 0.3) is 0 Å². The topological polar surface area (TPSA) is 21.3 Å². The van der Waals surface area contributed by atoms with Crippen LogP contribution < -0.4 is 5.32 Å². The molecule has 10 heavy (non-hydrogen) atoms. The molecule has 0 rings (SSSR count). The molecule has 0 spiro atoms. The Kier molecular flexibility index (Phi) is 9.26. The third-order valence-corrected chi connectivity index (χ3v) is 2.83. The van der Waals surface area contributed by atoms with E-state index in [0.717, 1.165) is 19.7 Å². The van der Waals surface area contributed by atoms with E-state index in [1.54, 1.807) is 0 Å². The predicted molar refractivity (Wildman–Crippen MR) is 48.1 cm³/mol. The largest absolute Gasteiger partial charge is 0.424 e. The molecule has 0 fully saturated rings. The quantitative estimate of drug-likeness (QED) is 0.434. The van der Waals surface area contributed by atoms with Crippen molar-refractivity contribution in [3.8, 4) is 0 Å². The smallest absolute Gasteiger partial charge is 0.161 e. The fraction of sp³-hybridized carbons (Fsp3) is 1.00. The van der Waals surface area contributed by atoms with Crippen LogP contribution in [0.1, 0.15) is 20.3 Å². The molecule has 0 atom stereocenters. The molecule has 2 nitrogen and oxygen atoms in total. The molecule has 0 saturated heterocycles. The van der Waals surface area contributed by atoms with Crippen molar-refractivity contribution in [2.75, 3.05) is 19.7 Å². The molecule has 62 valence electrons. The van der Waals surface area contributed by atoms with Crippen LogP contribution in [0.3, 0.4) is 0 Å². The van der Waals surface area contributed by atoms with E-state index in [2.05, 4.69) is 19.2 Å². The Morgan fingerprint density at radius 2 is 2.20 bits per heavy atom. The first-order valence-corrected chi connectivity index (χ1v) is 5.78. The lowest BCUT2D eigenvalue weighted by Gasteiger charge is -2.00. The highest BCUT2D eigenvalue weighted by Gasteiger charge is 1.87. The molecule has 0 aromatic heterocycles. The van der Waals surface area contributed by atoms with Crippen molar-refractivity contribution in [1.29, 1.82) is 0 Å². The zero-order valence-corrected chi connectivity index (χ0v) is 8.57. The van der Waals surface area contributed by atoms with E-state index in [0.29, 0.717) is 0 Å². The monoisotopic (exact) mass is 161 g/mol. The second kappa shape index (κ2) is 9.14. The first kappa shape index (κ1) is 10.1. The van der Waals surface area contributed by atoms with Crippen LogP contribution in [0.4, 0.5) is 0 Å². The van der Waals surface area contributed by atoms with Gasteiger partial charge >= 0.3 is 0 Å². The molecule has 0 aliphatic rings. The minimum Gasteiger partial charge on any atom is -0.424 e. The Hall–Kier alpha value is 0.137. The van der Waals surface area contributed by atoms with Gasteiger partial charge < -0.3 is 9.74 Å². The van der Waals surface area contributed by atoms with Crippen LogP contribution in [0.5, 0.6) is 0 Å². The first-order valence-electron chi connectivity index (χ1n) is 4.20. The second-order valence-corrected chi connectivity index (χ2v) is 3.78. The molecule has 0 aromatic rings. The first-order chi connectivity index (χ1) is 4.91. The van der Waals surface area contributed by atoms with Crippen LogP contribution in [0.2, 0.25) is 6.04 Å². The van der Waals surface area contributed by atoms with Gasteiger partial charge in [-0.15, -0.1) is 0 Å². The molecule has 0 heterocycles. The van der Waals surface area contributed by atoms with E-state index in [4.69, 9.17) is 4.43 Å². The summed E-state index contributed by atoms with van der Waals surface area (Å²) in [5.41, 5.74) is 0. The van der Waals surface area contributed by atoms with E-state index >= 15 is 0 Å². The van der Waals surface area contributed by atoms with Gasteiger partial charge in [0.2, 0.25) is 0 Å². The standard InChI is InChI=1S/C7H19NOSi/c1-3-8-6-5-7-10-9-4-2/h8H,3-7,10H2,1-2H3. The molecule has 0 amide bonds. The fourth-order valence-electron chi connectivity index (χ4n) is 0.775. The Labute approximate surface area is 66.3 Å². The van der Waals surface area contributed by atoms with E-state index in [1.165, 1.54) is 12.5 Å². The summed E-state index contributed by atoms with van der Waals surface area (Å²) in [6.45, 7) is 7.37. The molecule has 0 bridgehead atoms. The average molecular weight is 161 g/mol. The van der Waals surface area contributed by atoms with Crippen LogP contribution in [-0.4, -0.2) is 29.5 Å². The van der Waals surface area contributed by atoms with Gasteiger partial charge in [-0.05, 0) is 32.5 Å². The van der Waals surface area contributed by atoms with Crippen LogP contribution in [0, 0.1) is 0 Å². The summed E-state index contributed by atoms with van der Waals surface area (Å²) in [6.07, 6.45) is 1.29. The molecular weight excluding hydrogens is 142 g/mol. The molecule has 3 heteroatoms. The maximum atomic E-state index is 5.32. The molecule has 1 N–H and O–H groups in total. The van der Waals surface area contributed by atoms with E-state index in [9.17, 15) is 0 Å². The van der Waals surface area contributed by atoms with Crippen molar-refractivity contribution in [3.05, 3.63) is 0 Å². The van der Waals surface area contributed by atoms with E-state index < -0.39 is 0 Å². The third-order valence-electron chi connectivity index (χ3n) is 1.35. The highest BCUT2D eigenvalue weighted by atomic mass is 28.2. The number of rotatable bonds is 7. The lowest BCUT2D eigenvalue weighted by Crippen LogP contribution is -2.14. The van der Waals surface area contributed by atoms with E-state index in [-0.39, 0.29) is 9.76 Å². The lowest BCUT2D eigenvalue weighted by atomic mass is 10.5. The van der Waals surface area contributed by atoms with Gasteiger partial charge in [-0.1, -0.05) is 6.92 Å². The Bertz CT molecular complexity index is 53.6. The summed E-state index contributed by atoms with van der Waals surface area (Å²) in [7, 11) is -0.157. The summed E-state index contributed by atoms with van der Waals surface area (Å²) >= 11 is 0. The summed E-state index contributed by atoms with van der Waals surface area (Å²) < 4.78 is 5.32. The normalized spacial score (nSPS) is 11.4. The van der Waals surface area contributed by atoms with Gasteiger partial charge in [0.1, 0.15) is 0 Å². The fourth-order valence-corrected chi connectivity index (χ4v) is 1.72. The Morgan fingerprint density at radius 1 is 1.40 bits per heavy atom. The highest BCUT2D eigenvalue weighted by molar-refractivity contribution is 6.26. The van der Waals surface area contributed by atoms with Crippen LogP contribution >= 0.6 is 0 Å². The summed E-state index contributed by atoms with van der Waals surface area (Å²) in [5, 5.41) is 3.29. The summed E-state index contributed by atoms with van der Waals surface area (Å²) in [4.78, 5) is 0. The highest BCUT2D eigenvalue weighted by Crippen LogP contribution is 1.86. The van der Waals surface area contributed by atoms with Gasteiger partial charge in [0, 0.05) is 6.61 Å². The second-order valence-electron chi connectivity index (χ2n) is 2.26. The lowest BCUT2D eigenvalue weighted by molar-refractivity contribution is 0.359. The van der Waals surface area contributed by atoms with Crippen LogP contribution in [0.15, 0.2) is 0 Å². The van der Waals surface area contributed by atoms with Crippen LogP contribution in [-0.2, 0) is 4.43 Å². The predicted octanol–water partition coefficient (Wildman–Crippen LogP) is 0.525. The molecule has 0 unspecified atom stereocenters. The zero-order chi connectivity index (χ0) is 7.66. The molecule has 0 aliphatic heterocycles. The van der Waals surface area contributed by atoms with Gasteiger partial charge in [-0.25, -0.2) is 0 Å². The van der Waals surface area contributed by atoms with Crippen molar-refractivity contribution in [2.45, 2.75) is 26.3 Å². The molecule has 0 aromatic carbocycles. The molecule has 0 saturated carbocycles. The number of hydrogen-bond donors (Lipinski definition) is 1. The van der Waals surface area contributed by atoms with Gasteiger partial charge in [-0.3, -0.25) is 0 Å². The molecule has 0 radical (unpaired) electrons. The molecule has 0 aliphatic carbocycles. The third kappa shape index (κ3) is 8.14.